The number of aromatic amines is 1. The zero-order valence-electron chi connectivity index (χ0n) is 13.6. The molecule has 2 heterocycles. The van der Waals surface area contributed by atoms with Crippen LogP contribution in [0.4, 0.5) is 0 Å². The fourth-order valence-electron chi connectivity index (χ4n) is 3.39. The summed E-state index contributed by atoms with van der Waals surface area (Å²) in [6.45, 7) is 7.21. The summed E-state index contributed by atoms with van der Waals surface area (Å²) in [6, 6.07) is 14.4. The van der Waals surface area contributed by atoms with Crippen LogP contribution in [0.2, 0.25) is 0 Å². The first-order valence-electron chi connectivity index (χ1n) is 8.11. The highest BCUT2D eigenvalue weighted by Crippen LogP contribution is 2.48. The van der Waals surface area contributed by atoms with Gasteiger partial charge in [0.05, 0.1) is 12.7 Å². The minimum absolute atomic E-state index is 0.0498. The van der Waals surface area contributed by atoms with Gasteiger partial charge in [0.25, 0.3) is 0 Å². The van der Waals surface area contributed by atoms with Gasteiger partial charge in [-0.25, -0.2) is 0 Å². The van der Waals surface area contributed by atoms with Crippen molar-refractivity contribution in [2.45, 2.75) is 51.6 Å². The van der Waals surface area contributed by atoms with Gasteiger partial charge in [0.2, 0.25) is 0 Å². The maximum Gasteiger partial charge on any atom is 0.127 e. The lowest BCUT2D eigenvalue weighted by atomic mass is 9.83. The van der Waals surface area contributed by atoms with E-state index in [9.17, 15) is 0 Å². The zero-order chi connectivity index (χ0) is 15.6. The summed E-state index contributed by atoms with van der Waals surface area (Å²) in [7, 11) is 0. The number of hydrogen-bond donors (Lipinski definition) is 1. The van der Waals surface area contributed by atoms with Crippen LogP contribution >= 0.6 is 0 Å². The summed E-state index contributed by atoms with van der Waals surface area (Å²) in [5.74, 6) is 0.342. The third-order valence-corrected chi connectivity index (χ3v) is 4.99. The third kappa shape index (κ3) is 2.71. The van der Waals surface area contributed by atoms with E-state index >= 15 is 0 Å². The number of H-pyrrole nitrogens is 1. The van der Waals surface area contributed by atoms with Gasteiger partial charge in [0.15, 0.2) is 0 Å². The maximum atomic E-state index is 6.41. The summed E-state index contributed by atoms with van der Waals surface area (Å²) in [5.41, 5.74) is 1.96. The van der Waals surface area contributed by atoms with Gasteiger partial charge >= 0.3 is 0 Å². The first kappa shape index (κ1) is 15.3. The fourth-order valence-corrected chi connectivity index (χ4v) is 3.39. The van der Waals surface area contributed by atoms with Gasteiger partial charge in [-0.3, -0.25) is 0 Å². The Morgan fingerprint density at radius 3 is 2.59 bits per heavy atom. The van der Waals surface area contributed by atoms with Crippen molar-refractivity contribution < 1.29 is 9.47 Å². The van der Waals surface area contributed by atoms with Gasteiger partial charge in [-0.15, -0.1) is 0 Å². The minimum Gasteiger partial charge on any atom is -0.367 e. The molecule has 4 atom stereocenters. The highest BCUT2D eigenvalue weighted by atomic mass is 16.6. The topological polar surface area (TPSA) is 34.2 Å². The molecule has 22 heavy (non-hydrogen) atoms. The quantitative estimate of drug-likeness (QED) is 0.883. The SMILES string of the molecule is CC[C@H]1OC(c2ccc[nH]2)[C@](C)(OCc2ccccc2)[C@@H]1C. The van der Waals surface area contributed by atoms with Gasteiger partial charge in [-0.2, -0.15) is 0 Å². The summed E-state index contributed by atoms with van der Waals surface area (Å²) in [4.78, 5) is 3.29. The largest absolute Gasteiger partial charge is 0.367 e. The van der Waals surface area contributed by atoms with Crippen LogP contribution in [-0.2, 0) is 16.1 Å². The Kier molecular flexibility index (Phi) is 4.37. The first-order chi connectivity index (χ1) is 10.6. The molecule has 0 bridgehead atoms. The van der Waals surface area contributed by atoms with Crippen molar-refractivity contribution in [2.75, 3.05) is 0 Å². The van der Waals surface area contributed by atoms with Crippen molar-refractivity contribution in [3.05, 3.63) is 59.9 Å². The lowest BCUT2D eigenvalue weighted by Gasteiger charge is -2.33. The molecule has 0 aliphatic carbocycles. The Morgan fingerprint density at radius 1 is 1.18 bits per heavy atom. The molecule has 0 spiro atoms. The predicted molar refractivity (Wildman–Crippen MR) is 87.5 cm³/mol. The van der Waals surface area contributed by atoms with Crippen molar-refractivity contribution in [3.8, 4) is 0 Å². The van der Waals surface area contributed by atoms with E-state index in [0.717, 1.165) is 12.1 Å². The molecule has 2 aromatic rings. The number of aromatic nitrogens is 1. The number of nitrogens with one attached hydrogen (secondary N) is 1. The molecule has 1 aliphatic rings. The first-order valence-corrected chi connectivity index (χ1v) is 8.11. The van der Waals surface area contributed by atoms with Gasteiger partial charge in [0, 0.05) is 17.8 Å². The van der Waals surface area contributed by atoms with E-state index in [1.807, 2.05) is 30.5 Å². The van der Waals surface area contributed by atoms with Crippen LogP contribution in [0.3, 0.4) is 0 Å². The van der Waals surface area contributed by atoms with Gasteiger partial charge in [0.1, 0.15) is 11.7 Å². The van der Waals surface area contributed by atoms with Crippen molar-refractivity contribution in [3.63, 3.8) is 0 Å². The molecule has 0 saturated carbocycles. The molecule has 1 unspecified atom stereocenters. The number of ether oxygens (including phenoxy) is 2. The van der Waals surface area contributed by atoms with E-state index in [1.54, 1.807) is 0 Å². The number of benzene rings is 1. The maximum absolute atomic E-state index is 6.41. The van der Waals surface area contributed by atoms with Crippen LogP contribution in [0.15, 0.2) is 48.7 Å². The highest BCUT2D eigenvalue weighted by molar-refractivity contribution is 5.17. The second-order valence-electron chi connectivity index (χ2n) is 6.34. The number of rotatable bonds is 5. The van der Waals surface area contributed by atoms with Crippen LogP contribution in [0.5, 0.6) is 0 Å². The van der Waals surface area contributed by atoms with Crippen molar-refractivity contribution in [1.29, 1.82) is 0 Å². The van der Waals surface area contributed by atoms with E-state index in [2.05, 4.69) is 44.0 Å². The minimum atomic E-state index is -0.332. The normalized spacial score (nSPS) is 31.5. The van der Waals surface area contributed by atoms with Crippen LogP contribution in [0.25, 0.3) is 0 Å². The Balaban J connectivity index is 1.82. The molecule has 1 N–H and O–H groups in total. The average molecular weight is 299 g/mol. The van der Waals surface area contributed by atoms with Crippen molar-refractivity contribution in [1.82, 2.24) is 4.98 Å². The summed E-state index contributed by atoms with van der Waals surface area (Å²) in [6.07, 6.45) is 3.13. The Hall–Kier alpha value is -1.58. The highest BCUT2D eigenvalue weighted by Gasteiger charge is 2.52. The van der Waals surface area contributed by atoms with E-state index in [4.69, 9.17) is 9.47 Å². The standard InChI is InChI=1S/C19H25NO2/c1-4-17-14(2)19(3,18(22-17)16-11-8-12-20-16)21-13-15-9-6-5-7-10-15/h5-12,14,17-18,20H,4,13H2,1-3H3/t14-,17-,18?,19-/m1/s1. The molecular formula is C19H25NO2. The van der Waals surface area contributed by atoms with E-state index in [-0.39, 0.29) is 17.8 Å². The van der Waals surface area contributed by atoms with Crippen LogP contribution < -0.4 is 0 Å². The Morgan fingerprint density at radius 2 is 1.95 bits per heavy atom. The van der Waals surface area contributed by atoms with E-state index in [0.29, 0.717) is 12.5 Å². The molecule has 0 radical (unpaired) electrons. The lowest BCUT2D eigenvalue weighted by Crippen LogP contribution is -2.39. The molecule has 3 rings (SSSR count). The molecule has 1 saturated heterocycles. The van der Waals surface area contributed by atoms with Gasteiger partial charge in [-0.1, -0.05) is 44.2 Å². The van der Waals surface area contributed by atoms with Crippen LogP contribution in [0, 0.1) is 5.92 Å². The van der Waals surface area contributed by atoms with E-state index < -0.39 is 0 Å². The lowest BCUT2D eigenvalue weighted by molar-refractivity contribution is -0.106. The average Bonchev–Trinajstić information content (AvgIpc) is 3.15. The summed E-state index contributed by atoms with van der Waals surface area (Å²) >= 11 is 0. The molecule has 1 aromatic heterocycles. The second-order valence-corrected chi connectivity index (χ2v) is 6.34. The van der Waals surface area contributed by atoms with Crippen molar-refractivity contribution >= 4 is 0 Å². The molecule has 0 amide bonds. The molecule has 1 aromatic carbocycles. The molecule has 3 nitrogen and oxygen atoms in total. The number of hydrogen-bond acceptors (Lipinski definition) is 2. The predicted octanol–water partition coefficient (Wildman–Crippen LogP) is 4.48. The van der Waals surface area contributed by atoms with Crippen molar-refractivity contribution in [2.24, 2.45) is 5.92 Å². The monoisotopic (exact) mass is 299 g/mol. The molecular weight excluding hydrogens is 274 g/mol. The molecule has 118 valence electrons. The smallest absolute Gasteiger partial charge is 0.127 e. The van der Waals surface area contributed by atoms with Crippen LogP contribution in [0.1, 0.15) is 44.6 Å². The fraction of sp³-hybridized carbons (Fsp3) is 0.474. The summed E-state index contributed by atoms with van der Waals surface area (Å²) < 4.78 is 12.7. The molecule has 3 heteroatoms. The Bertz CT molecular complexity index is 581. The third-order valence-electron chi connectivity index (χ3n) is 4.99. The zero-order valence-corrected chi connectivity index (χ0v) is 13.6. The van der Waals surface area contributed by atoms with Gasteiger partial charge in [-0.05, 0) is 31.0 Å². The van der Waals surface area contributed by atoms with E-state index in [1.165, 1.54) is 5.56 Å². The van der Waals surface area contributed by atoms with Gasteiger partial charge < -0.3 is 14.5 Å². The van der Waals surface area contributed by atoms with Crippen LogP contribution in [-0.4, -0.2) is 16.7 Å². The molecule has 1 fully saturated rings. The molecule has 1 aliphatic heterocycles. The Labute approximate surface area is 132 Å². The second kappa shape index (κ2) is 6.27. The summed E-state index contributed by atoms with van der Waals surface area (Å²) in [5, 5.41) is 0.